The van der Waals surface area contributed by atoms with Crippen molar-refractivity contribution < 1.29 is 9.26 Å². The summed E-state index contributed by atoms with van der Waals surface area (Å²) in [6, 6.07) is 3.74. The lowest BCUT2D eigenvalue weighted by Gasteiger charge is -2.15. The first kappa shape index (κ1) is 12.7. The Morgan fingerprint density at radius 2 is 2.22 bits per heavy atom. The number of pyridine rings is 1. The standard InChI is InChI=1S/C13H17N3O2/c1-4-17-11(9(2)3)13-15-12(16-18-13)10-6-5-7-14-8-10/h5-9,11H,4H2,1-3H3. The highest BCUT2D eigenvalue weighted by Gasteiger charge is 2.23. The number of nitrogens with zero attached hydrogens (tertiary/aromatic N) is 3. The average Bonchev–Trinajstić information content (AvgIpc) is 2.86. The molecular formula is C13H17N3O2. The summed E-state index contributed by atoms with van der Waals surface area (Å²) in [4.78, 5) is 8.41. The van der Waals surface area contributed by atoms with Gasteiger partial charge in [0, 0.05) is 24.6 Å². The van der Waals surface area contributed by atoms with Crippen molar-refractivity contribution in [1.82, 2.24) is 15.1 Å². The minimum absolute atomic E-state index is 0.159. The molecule has 0 aliphatic heterocycles. The van der Waals surface area contributed by atoms with E-state index in [1.165, 1.54) is 0 Å². The van der Waals surface area contributed by atoms with Gasteiger partial charge >= 0.3 is 0 Å². The Morgan fingerprint density at radius 1 is 1.39 bits per heavy atom. The van der Waals surface area contributed by atoms with Gasteiger partial charge in [-0.15, -0.1) is 0 Å². The normalized spacial score (nSPS) is 12.9. The first-order chi connectivity index (χ1) is 8.72. The second-order valence-corrected chi connectivity index (χ2v) is 4.32. The fourth-order valence-electron chi connectivity index (χ4n) is 1.69. The second-order valence-electron chi connectivity index (χ2n) is 4.32. The topological polar surface area (TPSA) is 61.0 Å². The van der Waals surface area contributed by atoms with Crippen molar-refractivity contribution >= 4 is 0 Å². The number of aromatic nitrogens is 3. The van der Waals surface area contributed by atoms with Gasteiger partial charge in [-0.1, -0.05) is 19.0 Å². The third kappa shape index (κ3) is 2.73. The van der Waals surface area contributed by atoms with Crippen molar-refractivity contribution in [3.05, 3.63) is 30.4 Å². The highest BCUT2D eigenvalue weighted by atomic mass is 16.5. The van der Waals surface area contributed by atoms with E-state index in [0.29, 0.717) is 18.3 Å². The molecule has 0 saturated heterocycles. The van der Waals surface area contributed by atoms with Crippen LogP contribution in [0.4, 0.5) is 0 Å². The number of ether oxygens (including phenoxy) is 1. The van der Waals surface area contributed by atoms with Crippen molar-refractivity contribution in [2.45, 2.75) is 26.9 Å². The van der Waals surface area contributed by atoms with Crippen LogP contribution in [0.15, 0.2) is 29.0 Å². The molecule has 18 heavy (non-hydrogen) atoms. The van der Waals surface area contributed by atoms with Crippen molar-refractivity contribution in [3.63, 3.8) is 0 Å². The molecule has 5 nitrogen and oxygen atoms in total. The second kappa shape index (κ2) is 5.73. The van der Waals surface area contributed by atoms with Gasteiger partial charge in [0.25, 0.3) is 5.89 Å². The zero-order valence-electron chi connectivity index (χ0n) is 10.8. The summed E-state index contributed by atoms with van der Waals surface area (Å²) in [5.41, 5.74) is 0.839. The van der Waals surface area contributed by atoms with Crippen LogP contribution in [0.5, 0.6) is 0 Å². The van der Waals surface area contributed by atoms with Gasteiger partial charge in [-0.05, 0) is 25.0 Å². The highest BCUT2D eigenvalue weighted by Crippen LogP contribution is 2.26. The van der Waals surface area contributed by atoms with Crippen LogP contribution < -0.4 is 0 Å². The fraction of sp³-hybridized carbons (Fsp3) is 0.462. The van der Waals surface area contributed by atoms with Crippen LogP contribution >= 0.6 is 0 Å². The van der Waals surface area contributed by atoms with Crippen LogP contribution in [0.2, 0.25) is 0 Å². The van der Waals surface area contributed by atoms with Gasteiger partial charge in [-0.3, -0.25) is 4.98 Å². The minimum Gasteiger partial charge on any atom is -0.368 e. The van der Waals surface area contributed by atoms with Gasteiger partial charge in [-0.25, -0.2) is 0 Å². The fourth-order valence-corrected chi connectivity index (χ4v) is 1.69. The van der Waals surface area contributed by atoms with Crippen LogP contribution in [0, 0.1) is 5.92 Å². The Kier molecular flexibility index (Phi) is 4.04. The molecule has 0 amide bonds. The average molecular weight is 247 g/mol. The minimum atomic E-state index is -0.159. The molecule has 2 aromatic heterocycles. The Morgan fingerprint density at radius 3 is 2.83 bits per heavy atom. The van der Waals surface area contributed by atoms with Crippen LogP contribution in [0.1, 0.15) is 32.8 Å². The quantitative estimate of drug-likeness (QED) is 0.813. The van der Waals surface area contributed by atoms with Crippen LogP contribution in [-0.4, -0.2) is 21.7 Å². The predicted molar refractivity (Wildman–Crippen MR) is 66.7 cm³/mol. The molecule has 2 heterocycles. The lowest BCUT2D eigenvalue weighted by atomic mass is 10.1. The summed E-state index contributed by atoms with van der Waals surface area (Å²) < 4.78 is 10.9. The van der Waals surface area contributed by atoms with Crippen molar-refractivity contribution in [2.75, 3.05) is 6.61 Å². The van der Waals surface area contributed by atoms with E-state index >= 15 is 0 Å². The Bertz CT molecular complexity index is 482. The van der Waals surface area contributed by atoms with Crippen LogP contribution in [-0.2, 0) is 4.74 Å². The maximum absolute atomic E-state index is 5.63. The predicted octanol–water partition coefficient (Wildman–Crippen LogP) is 2.87. The molecule has 1 unspecified atom stereocenters. The van der Waals surface area contributed by atoms with Crippen molar-refractivity contribution in [2.24, 2.45) is 5.92 Å². The molecule has 0 bridgehead atoms. The van der Waals surface area contributed by atoms with Gasteiger partial charge in [-0.2, -0.15) is 4.98 Å². The molecule has 1 atom stereocenters. The van der Waals surface area contributed by atoms with E-state index in [0.717, 1.165) is 5.56 Å². The van der Waals surface area contributed by atoms with Gasteiger partial charge in [0.2, 0.25) is 5.82 Å². The molecule has 2 aromatic rings. The summed E-state index contributed by atoms with van der Waals surface area (Å²) in [5.74, 6) is 1.35. The molecule has 5 heteroatoms. The van der Waals surface area contributed by atoms with E-state index in [1.54, 1.807) is 12.4 Å². The summed E-state index contributed by atoms with van der Waals surface area (Å²) in [6.45, 7) is 6.70. The molecule has 96 valence electrons. The SMILES string of the molecule is CCOC(c1nc(-c2cccnc2)no1)C(C)C. The molecule has 0 radical (unpaired) electrons. The van der Waals surface area contributed by atoms with Crippen molar-refractivity contribution in [1.29, 1.82) is 0 Å². The molecule has 0 fully saturated rings. The lowest BCUT2D eigenvalue weighted by Crippen LogP contribution is -2.11. The maximum atomic E-state index is 5.63. The van der Waals surface area contributed by atoms with E-state index in [4.69, 9.17) is 9.26 Å². The number of hydrogen-bond acceptors (Lipinski definition) is 5. The Balaban J connectivity index is 2.24. The molecular weight excluding hydrogens is 230 g/mol. The molecule has 0 aromatic carbocycles. The van der Waals surface area contributed by atoms with E-state index < -0.39 is 0 Å². The summed E-state index contributed by atoms with van der Waals surface area (Å²) in [7, 11) is 0. The zero-order chi connectivity index (χ0) is 13.0. The van der Waals surface area contributed by atoms with E-state index in [9.17, 15) is 0 Å². The first-order valence-electron chi connectivity index (χ1n) is 6.08. The first-order valence-corrected chi connectivity index (χ1v) is 6.08. The molecule has 0 N–H and O–H groups in total. The smallest absolute Gasteiger partial charge is 0.256 e. The summed E-state index contributed by atoms with van der Waals surface area (Å²) >= 11 is 0. The molecule has 0 aliphatic carbocycles. The van der Waals surface area contributed by atoms with Gasteiger partial charge in [0.1, 0.15) is 6.10 Å². The molecule has 2 rings (SSSR count). The Labute approximate surface area is 106 Å². The monoisotopic (exact) mass is 247 g/mol. The third-order valence-corrected chi connectivity index (χ3v) is 2.56. The van der Waals surface area contributed by atoms with E-state index in [1.807, 2.05) is 19.1 Å². The zero-order valence-corrected chi connectivity index (χ0v) is 10.8. The molecule has 0 saturated carbocycles. The van der Waals surface area contributed by atoms with Gasteiger partial charge in [0.15, 0.2) is 0 Å². The molecule has 0 aliphatic rings. The highest BCUT2D eigenvalue weighted by molar-refractivity contribution is 5.51. The molecule has 0 spiro atoms. The maximum Gasteiger partial charge on any atom is 0.256 e. The van der Waals surface area contributed by atoms with Crippen LogP contribution in [0.25, 0.3) is 11.4 Å². The lowest BCUT2D eigenvalue weighted by molar-refractivity contribution is 0.00701. The number of hydrogen-bond donors (Lipinski definition) is 0. The largest absolute Gasteiger partial charge is 0.368 e. The third-order valence-electron chi connectivity index (χ3n) is 2.56. The summed E-state index contributed by atoms with van der Waals surface area (Å²) in [6.07, 6.45) is 3.26. The Hall–Kier alpha value is -1.75. The van der Waals surface area contributed by atoms with E-state index in [2.05, 4.69) is 29.0 Å². The van der Waals surface area contributed by atoms with Crippen LogP contribution in [0.3, 0.4) is 0 Å². The number of rotatable bonds is 5. The van der Waals surface area contributed by atoms with Crippen molar-refractivity contribution in [3.8, 4) is 11.4 Å². The van der Waals surface area contributed by atoms with Gasteiger partial charge < -0.3 is 9.26 Å². The van der Waals surface area contributed by atoms with E-state index in [-0.39, 0.29) is 12.0 Å². The van der Waals surface area contributed by atoms with Gasteiger partial charge in [0.05, 0.1) is 0 Å². The summed E-state index contributed by atoms with van der Waals surface area (Å²) in [5, 5.41) is 3.97.